The number of carboxylic acid groups (broad SMARTS) is 1. The Hall–Kier alpha value is -1.87. The molecule has 106 valence electrons. The third-order valence-electron chi connectivity index (χ3n) is 3.70. The highest BCUT2D eigenvalue weighted by atomic mass is 16.4. The zero-order valence-electron chi connectivity index (χ0n) is 12.0. The van der Waals surface area contributed by atoms with Crippen molar-refractivity contribution in [3.63, 3.8) is 0 Å². The highest BCUT2D eigenvalue weighted by molar-refractivity contribution is 5.85. The maximum absolute atomic E-state index is 11.0. The summed E-state index contributed by atoms with van der Waals surface area (Å²) >= 11 is 0. The Morgan fingerprint density at radius 1 is 1.15 bits per heavy atom. The summed E-state index contributed by atoms with van der Waals surface area (Å²) in [6.45, 7) is 4.98. The molecule has 3 heteroatoms. The van der Waals surface area contributed by atoms with Gasteiger partial charge in [0, 0.05) is 6.54 Å². The molecule has 0 aliphatic rings. The van der Waals surface area contributed by atoms with Crippen LogP contribution in [0.15, 0.2) is 42.5 Å². The van der Waals surface area contributed by atoms with Gasteiger partial charge in [-0.05, 0) is 43.1 Å². The van der Waals surface area contributed by atoms with Crippen molar-refractivity contribution in [1.29, 1.82) is 0 Å². The van der Waals surface area contributed by atoms with Crippen LogP contribution in [0.5, 0.6) is 0 Å². The lowest BCUT2D eigenvalue weighted by Crippen LogP contribution is -2.28. The SMILES string of the molecule is CC(C)(CCNCc1cccc2ccccc12)C(=O)O. The minimum Gasteiger partial charge on any atom is -0.481 e. The van der Waals surface area contributed by atoms with Gasteiger partial charge in [0.2, 0.25) is 0 Å². The number of carboxylic acids is 1. The normalized spacial score (nSPS) is 11.7. The van der Waals surface area contributed by atoms with Crippen molar-refractivity contribution < 1.29 is 9.90 Å². The summed E-state index contributed by atoms with van der Waals surface area (Å²) in [7, 11) is 0. The largest absolute Gasteiger partial charge is 0.481 e. The number of carbonyl (C=O) groups is 1. The highest BCUT2D eigenvalue weighted by Crippen LogP contribution is 2.20. The summed E-state index contributed by atoms with van der Waals surface area (Å²) in [6.07, 6.45) is 0.618. The molecular formula is C17H21NO2. The van der Waals surface area contributed by atoms with Gasteiger partial charge in [0.1, 0.15) is 0 Å². The van der Waals surface area contributed by atoms with Crippen LogP contribution in [0.1, 0.15) is 25.8 Å². The van der Waals surface area contributed by atoms with Crippen molar-refractivity contribution in [2.24, 2.45) is 5.41 Å². The van der Waals surface area contributed by atoms with Gasteiger partial charge in [0.15, 0.2) is 0 Å². The van der Waals surface area contributed by atoms with E-state index in [1.165, 1.54) is 16.3 Å². The molecule has 0 aliphatic carbocycles. The quantitative estimate of drug-likeness (QED) is 0.791. The van der Waals surface area contributed by atoms with Gasteiger partial charge in [-0.2, -0.15) is 0 Å². The lowest BCUT2D eigenvalue weighted by atomic mass is 9.89. The van der Waals surface area contributed by atoms with E-state index in [9.17, 15) is 4.79 Å². The molecule has 0 spiro atoms. The van der Waals surface area contributed by atoms with Gasteiger partial charge in [-0.1, -0.05) is 42.5 Å². The molecule has 2 aromatic rings. The molecule has 0 atom stereocenters. The molecule has 0 heterocycles. The fourth-order valence-corrected chi connectivity index (χ4v) is 2.18. The first-order valence-electron chi connectivity index (χ1n) is 6.91. The van der Waals surface area contributed by atoms with E-state index in [-0.39, 0.29) is 0 Å². The average molecular weight is 271 g/mol. The molecule has 0 aliphatic heterocycles. The molecule has 0 saturated carbocycles. The van der Waals surface area contributed by atoms with Crippen LogP contribution in [0, 0.1) is 5.41 Å². The smallest absolute Gasteiger partial charge is 0.309 e. The molecule has 0 aromatic heterocycles. The van der Waals surface area contributed by atoms with Crippen LogP contribution in [-0.4, -0.2) is 17.6 Å². The fraction of sp³-hybridized carbons (Fsp3) is 0.353. The predicted octanol–water partition coefficient (Wildman–Crippen LogP) is 3.43. The summed E-state index contributed by atoms with van der Waals surface area (Å²) in [4.78, 5) is 11.0. The predicted molar refractivity (Wildman–Crippen MR) is 81.7 cm³/mol. The Bertz CT molecular complexity index is 599. The zero-order chi connectivity index (χ0) is 14.6. The van der Waals surface area contributed by atoms with Crippen LogP contribution >= 0.6 is 0 Å². The van der Waals surface area contributed by atoms with Crippen LogP contribution in [-0.2, 0) is 11.3 Å². The Morgan fingerprint density at radius 2 is 1.85 bits per heavy atom. The first-order valence-corrected chi connectivity index (χ1v) is 6.91. The third-order valence-corrected chi connectivity index (χ3v) is 3.70. The van der Waals surface area contributed by atoms with Crippen molar-refractivity contribution in [2.75, 3.05) is 6.54 Å². The topological polar surface area (TPSA) is 49.3 Å². The third kappa shape index (κ3) is 3.36. The van der Waals surface area contributed by atoms with E-state index in [1.54, 1.807) is 13.8 Å². The molecule has 2 aromatic carbocycles. The lowest BCUT2D eigenvalue weighted by molar-refractivity contribution is -0.147. The maximum atomic E-state index is 11.0. The molecule has 0 fully saturated rings. The molecule has 0 amide bonds. The summed E-state index contributed by atoms with van der Waals surface area (Å²) in [5.74, 6) is -0.746. The van der Waals surface area contributed by atoms with Gasteiger partial charge in [0.25, 0.3) is 0 Å². The first-order chi connectivity index (χ1) is 9.50. The van der Waals surface area contributed by atoms with E-state index in [4.69, 9.17) is 5.11 Å². The molecule has 0 radical (unpaired) electrons. The van der Waals surface area contributed by atoms with Gasteiger partial charge in [-0.3, -0.25) is 4.79 Å². The van der Waals surface area contributed by atoms with Crippen LogP contribution in [0.2, 0.25) is 0 Å². The van der Waals surface area contributed by atoms with Crippen LogP contribution < -0.4 is 5.32 Å². The van der Waals surface area contributed by atoms with E-state index in [0.717, 1.165) is 6.54 Å². The Labute approximate surface area is 119 Å². The van der Waals surface area contributed by atoms with Crippen molar-refractivity contribution in [3.05, 3.63) is 48.0 Å². The lowest BCUT2D eigenvalue weighted by Gasteiger charge is -2.19. The summed E-state index contributed by atoms with van der Waals surface area (Å²) in [5.41, 5.74) is 0.572. The molecule has 2 N–H and O–H groups in total. The van der Waals surface area contributed by atoms with Crippen molar-refractivity contribution in [2.45, 2.75) is 26.8 Å². The van der Waals surface area contributed by atoms with Gasteiger partial charge in [0.05, 0.1) is 5.41 Å². The zero-order valence-corrected chi connectivity index (χ0v) is 12.0. The van der Waals surface area contributed by atoms with E-state index >= 15 is 0 Å². The number of aliphatic carboxylic acids is 1. The number of nitrogens with one attached hydrogen (secondary N) is 1. The Balaban J connectivity index is 1.95. The minimum absolute atomic E-state index is 0.618. The molecule has 3 nitrogen and oxygen atoms in total. The second kappa shape index (κ2) is 6.06. The number of fused-ring (bicyclic) bond motifs is 1. The van der Waals surface area contributed by atoms with Gasteiger partial charge in [-0.25, -0.2) is 0 Å². The molecule has 20 heavy (non-hydrogen) atoms. The number of hydrogen-bond acceptors (Lipinski definition) is 2. The highest BCUT2D eigenvalue weighted by Gasteiger charge is 2.26. The summed E-state index contributed by atoms with van der Waals surface area (Å²) < 4.78 is 0. The average Bonchev–Trinajstić information content (AvgIpc) is 2.43. The summed E-state index contributed by atoms with van der Waals surface area (Å²) in [6, 6.07) is 14.6. The van der Waals surface area contributed by atoms with Crippen LogP contribution in [0.4, 0.5) is 0 Å². The van der Waals surface area contributed by atoms with Crippen molar-refractivity contribution >= 4 is 16.7 Å². The van der Waals surface area contributed by atoms with E-state index in [2.05, 4.69) is 35.6 Å². The number of benzene rings is 2. The monoisotopic (exact) mass is 271 g/mol. The molecule has 2 rings (SSSR count). The molecule has 0 unspecified atom stereocenters. The number of rotatable bonds is 6. The maximum Gasteiger partial charge on any atom is 0.309 e. The summed E-state index contributed by atoms with van der Waals surface area (Å²) in [5, 5.41) is 14.9. The van der Waals surface area contributed by atoms with E-state index in [0.29, 0.717) is 13.0 Å². The minimum atomic E-state index is -0.746. The van der Waals surface area contributed by atoms with Crippen LogP contribution in [0.25, 0.3) is 10.8 Å². The van der Waals surface area contributed by atoms with Gasteiger partial charge in [-0.15, -0.1) is 0 Å². The number of hydrogen-bond donors (Lipinski definition) is 2. The molecular weight excluding hydrogens is 250 g/mol. The van der Waals surface area contributed by atoms with Crippen molar-refractivity contribution in [1.82, 2.24) is 5.32 Å². The molecule has 0 saturated heterocycles. The van der Waals surface area contributed by atoms with Gasteiger partial charge < -0.3 is 10.4 Å². The standard InChI is InChI=1S/C17H21NO2/c1-17(2,16(19)20)10-11-18-12-14-8-5-7-13-6-3-4-9-15(13)14/h3-9,18H,10-12H2,1-2H3,(H,19,20). The van der Waals surface area contributed by atoms with Crippen molar-refractivity contribution in [3.8, 4) is 0 Å². The van der Waals surface area contributed by atoms with Crippen LogP contribution in [0.3, 0.4) is 0 Å². The van der Waals surface area contributed by atoms with E-state index < -0.39 is 11.4 Å². The second-order valence-corrected chi connectivity index (χ2v) is 5.75. The fourth-order valence-electron chi connectivity index (χ4n) is 2.18. The Kier molecular flexibility index (Phi) is 4.40. The van der Waals surface area contributed by atoms with Gasteiger partial charge >= 0.3 is 5.97 Å². The van der Waals surface area contributed by atoms with E-state index in [1.807, 2.05) is 12.1 Å². The molecule has 0 bridgehead atoms. The first kappa shape index (κ1) is 14.5. The Morgan fingerprint density at radius 3 is 2.60 bits per heavy atom. The second-order valence-electron chi connectivity index (χ2n) is 5.75.